The zero-order valence-electron chi connectivity index (χ0n) is 10.6. The molecule has 0 saturated carbocycles. The van der Waals surface area contributed by atoms with Crippen molar-refractivity contribution < 1.29 is 23.8 Å². The van der Waals surface area contributed by atoms with Gasteiger partial charge in [0.05, 0.1) is 11.6 Å². The van der Waals surface area contributed by atoms with Gasteiger partial charge in [-0.25, -0.2) is 9.18 Å². The summed E-state index contributed by atoms with van der Waals surface area (Å²) in [5, 5.41) is 11.0. The van der Waals surface area contributed by atoms with E-state index in [1.54, 1.807) is 0 Å². The van der Waals surface area contributed by atoms with Crippen molar-refractivity contribution in [3.63, 3.8) is 0 Å². The van der Waals surface area contributed by atoms with Crippen LogP contribution >= 0.6 is 11.6 Å². The molecule has 0 saturated heterocycles. The minimum absolute atomic E-state index is 0.0599. The van der Waals surface area contributed by atoms with E-state index in [4.69, 9.17) is 16.7 Å². The summed E-state index contributed by atoms with van der Waals surface area (Å²) in [5.41, 5.74) is 0.519. The summed E-state index contributed by atoms with van der Waals surface area (Å²) in [6.45, 7) is -0.142. The van der Waals surface area contributed by atoms with E-state index in [2.05, 4.69) is 10.1 Å². The Labute approximate surface area is 120 Å². The van der Waals surface area contributed by atoms with Gasteiger partial charge in [-0.1, -0.05) is 17.7 Å². The van der Waals surface area contributed by atoms with Gasteiger partial charge < -0.3 is 15.2 Å². The van der Waals surface area contributed by atoms with Crippen molar-refractivity contribution in [2.24, 2.45) is 0 Å². The van der Waals surface area contributed by atoms with Crippen LogP contribution in [0, 0.1) is 5.82 Å². The van der Waals surface area contributed by atoms with Gasteiger partial charge in [0.1, 0.15) is 5.82 Å². The van der Waals surface area contributed by atoms with Gasteiger partial charge in [-0.2, -0.15) is 0 Å². The fourth-order valence-corrected chi connectivity index (χ4v) is 1.54. The second kappa shape index (κ2) is 7.62. The van der Waals surface area contributed by atoms with Crippen molar-refractivity contribution in [1.82, 2.24) is 5.32 Å². The standard InChI is InChI=1S/C13H13ClFNO4/c1-20-7-11(13(18)19)16-12(17)5-3-8-2-4-10(15)9(14)6-8/h2-6,11H,7H2,1H3,(H,16,17)(H,18,19)/b5-3+. The molecular weight excluding hydrogens is 289 g/mol. The predicted octanol–water partition coefficient (Wildman–Crippen LogP) is 1.71. The monoisotopic (exact) mass is 301 g/mol. The summed E-state index contributed by atoms with van der Waals surface area (Å²) in [7, 11) is 1.33. The van der Waals surface area contributed by atoms with Crippen molar-refractivity contribution in [1.29, 1.82) is 0 Å². The molecule has 0 aliphatic heterocycles. The van der Waals surface area contributed by atoms with E-state index in [0.29, 0.717) is 5.56 Å². The molecule has 0 spiro atoms. The number of hydrogen-bond donors (Lipinski definition) is 2. The van der Waals surface area contributed by atoms with Crippen LogP contribution in [0.3, 0.4) is 0 Å². The lowest BCUT2D eigenvalue weighted by Gasteiger charge is -2.11. The van der Waals surface area contributed by atoms with E-state index in [1.165, 1.54) is 31.4 Å². The molecule has 1 unspecified atom stereocenters. The molecule has 0 bridgehead atoms. The zero-order chi connectivity index (χ0) is 15.1. The highest BCUT2D eigenvalue weighted by Gasteiger charge is 2.18. The lowest BCUT2D eigenvalue weighted by molar-refractivity contribution is -0.142. The molecule has 7 heteroatoms. The fourth-order valence-electron chi connectivity index (χ4n) is 1.35. The number of ether oxygens (including phenoxy) is 1. The van der Waals surface area contributed by atoms with Crippen molar-refractivity contribution in [2.45, 2.75) is 6.04 Å². The summed E-state index contributed by atoms with van der Waals surface area (Å²) < 4.78 is 17.6. The second-order valence-corrected chi connectivity index (χ2v) is 4.27. The predicted molar refractivity (Wildman–Crippen MR) is 71.9 cm³/mol. The Morgan fingerprint density at radius 1 is 1.55 bits per heavy atom. The number of amides is 1. The van der Waals surface area contributed by atoms with Crippen LogP contribution in [-0.2, 0) is 14.3 Å². The Hall–Kier alpha value is -1.92. The van der Waals surface area contributed by atoms with Crippen LogP contribution < -0.4 is 5.32 Å². The third-order valence-electron chi connectivity index (χ3n) is 2.32. The molecule has 1 aromatic rings. The molecule has 0 fully saturated rings. The molecule has 5 nitrogen and oxygen atoms in total. The third-order valence-corrected chi connectivity index (χ3v) is 2.61. The topological polar surface area (TPSA) is 75.6 Å². The van der Waals surface area contributed by atoms with E-state index in [-0.39, 0.29) is 11.6 Å². The Morgan fingerprint density at radius 2 is 2.25 bits per heavy atom. The number of rotatable bonds is 6. The minimum atomic E-state index is -1.20. The molecule has 1 amide bonds. The molecule has 0 aromatic heterocycles. The third kappa shape index (κ3) is 4.99. The first-order valence-corrected chi connectivity index (χ1v) is 5.97. The molecule has 1 atom stereocenters. The van der Waals surface area contributed by atoms with E-state index in [9.17, 15) is 14.0 Å². The van der Waals surface area contributed by atoms with Gasteiger partial charge in [0.2, 0.25) is 5.91 Å². The van der Waals surface area contributed by atoms with Crippen LogP contribution in [0.1, 0.15) is 5.56 Å². The van der Waals surface area contributed by atoms with Crippen molar-refractivity contribution >= 4 is 29.6 Å². The van der Waals surface area contributed by atoms with Gasteiger partial charge in [0.25, 0.3) is 0 Å². The van der Waals surface area contributed by atoms with Crippen molar-refractivity contribution in [2.75, 3.05) is 13.7 Å². The van der Waals surface area contributed by atoms with Gasteiger partial charge in [-0.3, -0.25) is 4.79 Å². The largest absolute Gasteiger partial charge is 0.480 e. The number of nitrogens with one attached hydrogen (secondary N) is 1. The highest BCUT2D eigenvalue weighted by Crippen LogP contribution is 2.16. The van der Waals surface area contributed by atoms with Crippen LogP contribution in [0.15, 0.2) is 24.3 Å². The first kappa shape index (κ1) is 16.1. The zero-order valence-corrected chi connectivity index (χ0v) is 11.4. The summed E-state index contributed by atoms with van der Waals surface area (Å²) in [6.07, 6.45) is 2.53. The van der Waals surface area contributed by atoms with Crippen LogP contribution in [0.5, 0.6) is 0 Å². The number of benzene rings is 1. The summed E-state index contributed by atoms with van der Waals surface area (Å²) in [5.74, 6) is -2.35. The highest BCUT2D eigenvalue weighted by molar-refractivity contribution is 6.30. The number of hydrogen-bond acceptors (Lipinski definition) is 3. The SMILES string of the molecule is COCC(NC(=O)/C=C/c1ccc(F)c(Cl)c1)C(=O)O. The van der Waals surface area contributed by atoms with E-state index >= 15 is 0 Å². The molecule has 0 radical (unpaired) electrons. The van der Waals surface area contributed by atoms with Crippen LogP contribution in [0.4, 0.5) is 4.39 Å². The first-order chi connectivity index (χ1) is 9.43. The minimum Gasteiger partial charge on any atom is -0.480 e. The van der Waals surface area contributed by atoms with E-state index < -0.39 is 23.7 Å². The van der Waals surface area contributed by atoms with Crippen LogP contribution in [-0.4, -0.2) is 36.7 Å². The molecule has 1 rings (SSSR count). The van der Waals surface area contributed by atoms with Crippen LogP contribution in [0.2, 0.25) is 5.02 Å². The molecular formula is C13H13ClFNO4. The second-order valence-electron chi connectivity index (χ2n) is 3.86. The number of carboxylic acids is 1. The maximum Gasteiger partial charge on any atom is 0.328 e. The quantitative estimate of drug-likeness (QED) is 0.784. The molecule has 1 aromatic carbocycles. The number of carboxylic acid groups (broad SMARTS) is 1. The molecule has 0 aliphatic rings. The number of methoxy groups -OCH3 is 1. The Kier molecular flexibility index (Phi) is 6.14. The van der Waals surface area contributed by atoms with Gasteiger partial charge in [-0.15, -0.1) is 0 Å². The smallest absolute Gasteiger partial charge is 0.328 e. The van der Waals surface area contributed by atoms with Crippen molar-refractivity contribution in [3.05, 3.63) is 40.7 Å². The fraction of sp³-hybridized carbons (Fsp3) is 0.231. The van der Waals surface area contributed by atoms with E-state index in [1.807, 2.05) is 0 Å². The molecule has 0 heterocycles. The summed E-state index contributed by atoms with van der Waals surface area (Å²) in [6, 6.07) is 2.83. The normalized spacial score (nSPS) is 12.3. The number of halogens is 2. The summed E-state index contributed by atoms with van der Waals surface area (Å²) >= 11 is 5.59. The van der Waals surface area contributed by atoms with Gasteiger partial charge in [0, 0.05) is 13.2 Å². The number of aliphatic carboxylic acids is 1. The number of carbonyl (C=O) groups excluding carboxylic acids is 1. The van der Waals surface area contributed by atoms with Gasteiger partial charge in [0.15, 0.2) is 6.04 Å². The highest BCUT2D eigenvalue weighted by atomic mass is 35.5. The van der Waals surface area contributed by atoms with E-state index in [0.717, 1.165) is 6.08 Å². The summed E-state index contributed by atoms with van der Waals surface area (Å²) in [4.78, 5) is 22.3. The van der Waals surface area contributed by atoms with Gasteiger partial charge >= 0.3 is 5.97 Å². The van der Waals surface area contributed by atoms with Gasteiger partial charge in [-0.05, 0) is 23.8 Å². The maximum absolute atomic E-state index is 12.9. The molecule has 20 heavy (non-hydrogen) atoms. The molecule has 108 valence electrons. The lowest BCUT2D eigenvalue weighted by atomic mass is 10.2. The van der Waals surface area contributed by atoms with Crippen LogP contribution in [0.25, 0.3) is 6.08 Å². The Balaban J connectivity index is 2.67. The molecule has 0 aliphatic carbocycles. The lowest BCUT2D eigenvalue weighted by Crippen LogP contribution is -2.43. The average Bonchev–Trinajstić information content (AvgIpc) is 2.39. The average molecular weight is 302 g/mol. The maximum atomic E-state index is 12.9. The Bertz CT molecular complexity index is 533. The Morgan fingerprint density at radius 3 is 2.80 bits per heavy atom. The first-order valence-electron chi connectivity index (χ1n) is 5.59. The van der Waals surface area contributed by atoms with Crippen molar-refractivity contribution in [3.8, 4) is 0 Å². The number of carbonyl (C=O) groups is 2. The molecule has 2 N–H and O–H groups in total.